The minimum atomic E-state index is -4.35. The molecule has 2 nitrogen and oxygen atoms in total. The second-order valence-electron chi connectivity index (χ2n) is 6.52. The fourth-order valence-corrected chi connectivity index (χ4v) is 3.18. The lowest BCUT2D eigenvalue weighted by atomic mass is 9.95. The maximum absolute atomic E-state index is 12.5. The molecule has 132 valence electrons. The zero-order valence-corrected chi connectivity index (χ0v) is 13.8. The Balaban J connectivity index is 1.57. The second-order valence-corrected chi connectivity index (χ2v) is 6.52. The number of hydrogen-bond donors (Lipinski definition) is 1. The lowest BCUT2D eigenvalue weighted by Gasteiger charge is -2.10. The molecule has 0 amide bonds. The van der Waals surface area contributed by atoms with Gasteiger partial charge in [0.15, 0.2) is 0 Å². The van der Waals surface area contributed by atoms with Crippen LogP contribution in [-0.2, 0) is 23.8 Å². The number of nitrogens with one attached hydrogen (secondary N) is 1. The van der Waals surface area contributed by atoms with Crippen LogP contribution in [0, 0.1) is 0 Å². The molecule has 1 heterocycles. The van der Waals surface area contributed by atoms with Gasteiger partial charge in [-0.2, -0.15) is 13.2 Å². The summed E-state index contributed by atoms with van der Waals surface area (Å²) in [5.74, 6) is 0.534. The van der Waals surface area contributed by atoms with Gasteiger partial charge in [0.2, 0.25) is 0 Å². The average molecular weight is 347 g/mol. The van der Waals surface area contributed by atoms with Gasteiger partial charge in [-0.05, 0) is 47.7 Å². The highest BCUT2D eigenvalue weighted by Gasteiger charge is 2.29. The minimum absolute atomic E-state index is 0.00459. The Morgan fingerprint density at radius 1 is 0.960 bits per heavy atom. The van der Waals surface area contributed by atoms with E-state index in [0.29, 0.717) is 17.9 Å². The number of benzene rings is 2. The van der Waals surface area contributed by atoms with Crippen molar-refractivity contribution in [3.63, 3.8) is 0 Å². The molecule has 2 aromatic rings. The molecular formula is C20H20F3NO. The minimum Gasteiger partial charge on any atom is -0.316 e. The van der Waals surface area contributed by atoms with Crippen molar-refractivity contribution in [2.45, 2.75) is 31.4 Å². The molecule has 0 bridgehead atoms. The van der Waals surface area contributed by atoms with Crippen molar-refractivity contribution in [2.75, 3.05) is 13.1 Å². The van der Waals surface area contributed by atoms with Crippen LogP contribution in [-0.4, -0.2) is 18.9 Å². The molecule has 2 aromatic carbocycles. The van der Waals surface area contributed by atoms with Crippen LogP contribution in [0.2, 0.25) is 0 Å². The average Bonchev–Trinajstić information content (AvgIpc) is 3.09. The number of Topliss-reactive ketones (excluding diaryl/α,β-unsaturated/α-hetero) is 1. The number of hydrogen-bond acceptors (Lipinski definition) is 2. The first-order valence-electron chi connectivity index (χ1n) is 8.39. The summed E-state index contributed by atoms with van der Waals surface area (Å²) >= 11 is 0. The van der Waals surface area contributed by atoms with Crippen LogP contribution < -0.4 is 5.32 Å². The zero-order chi connectivity index (χ0) is 17.9. The Kier molecular flexibility index (Phi) is 5.23. The summed E-state index contributed by atoms with van der Waals surface area (Å²) < 4.78 is 37.6. The third kappa shape index (κ3) is 4.69. The highest BCUT2D eigenvalue weighted by Crippen LogP contribution is 2.29. The van der Waals surface area contributed by atoms with Gasteiger partial charge in [-0.25, -0.2) is 0 Å². The zero-order valence-electron chi connectivity index (χ0n) is 13.8. The smallest absolute Gasteiger partial charge is 0.316 e. The first-order valence-corrected chi connectivity index (χ1v) is 8.39. The van der Waals surface area contributed by atoms with Gasteiger partial charge in [0.1, 0.15) is 5.78 Å². The maximum atomic E-state index is 12.5. The number of alkyl halides is 3. The summed E-state index contributed by atoms with van der Waals surface area (Å²) in [6.07, 6.45) is -2.78. The Morgan fingerprint density at radius 2 is 1.52 bits per heavy atom. The van der Waals surface area contributed by atoms with Gasteiger partial charge in [0.05, 0.1) is 5.56 Å². The third-order valence-electron chi connectivity index (χ3n) is 4.60. The van der Waals surface area contributed by atoms with E-state index >= 15 is 0 Å². The number of ketones is 1. The quantitative estimate of drug-likeness (QED) is 0.881. The summed E-state index contributed by atoms with van der Waals surface area (Å²) in [5, 5.41) is 3.33. The number of halogens is 3. The molecule has 1 saturated heterocycles. The molecule has 0 aliphatic carbocycles. The van der Waals surface area contributed by atoms with Crippen LogP contribution in [0.1, 0.15) is 34.6 Å². The Labute approximate surface area is 145 Å². The summed E-state index contributed by atoms with van der Waals surface area (Å²) in [6, 6.07) is 12.9. The Bertz CT molecular complexity index is 714. The van der Waals surface area contributed by atoms with E-state index in [1.165, 1.54) is 17.7 Å². The van der Waals surface area contributed by atoms with Crippen LogP contribution >= 0.6 is 0 Å². The Hall–Kier alpha value is -2.14. The summed E-state index contributed by atoms with van der Waals surface area (Å²) in [5.41, 5.74) is 2.13. The molecule has 25 heavy (non-hydrogen) atoms. The monoisotopic (exact) mass is 347 g/mol. The van der Waals surface area contributed by atoms with Crippen molar-refractivity contribution in [3.05, 3.63) is 70.8 Å². The predicted octanol–water partition coefficient (Wildman–Crippen LogP) is 4.14. The lowest BCUT2D eigenvalue weighted by Crippen LogP contribution is -2.09. The Morgan fingerprint density at radius 3 is 2.00 bits per heavy atom. The third-order valence-corrected chi connectivity index (χ3v) is 4.60. The van der Waals surface area contributed by atoms with Gasteiger partial charge in [0, 0.05) is 19.4 Å². The van der Waals surface area contributed by atoms with Crippen LogP contribution in [0.15, 0.2) is 48.5 Å². The molecule has 1 unspecified atom stereocenters. The molecule has 5 heteroatoms. The second kappa shape index (κ2) is 7.40. The molecule has 1 aliphatic heterocycles. The number of carbonyl (C=O) groups is 1. The first-order chi connectivity index (χ1) is 11.9. The highest BCUT2D eigenvalue weighted by molar-refractivity contribution is 5.83. The normalized spacial score (nSPS) is 17.6. The standard InChI is InChI=1S/C20H20F3NO/c21-20(22,23)18-7-3-15(4-8-18)12-19(25)11-14-1-5-16(6-2-14)17-9-10-24-13-17/h1-8,17,24H,9-13H2. The van der Waals surface area contributed by atoms with Crippen LogP contribution in [0.5, 0.6) is 0 Å². The van der Waals surface area contributed by atoms with Crippen molar-refractivity contribution >= 4 is 5.78 Å². The van der Waals surface area contributed by atoms with E-state index in [-0.39, 0.29) is 12.2 Å². The topological polar surface area (TPSA) is 29.1 Å². The molecule has 1 fully saturated rings. The maximum Gasteiger partial charge on any atom is 0.416 e. The van der Waals surface area contributed by atoms with Gasteiger partial charge < -0.3 is 5.32 Å². The molecule has 0 spiro atoms. The summed E-state index contributed by atoms with van der Waals surface area (Å²) in [7, 11) is 0. The first kappa shape index (κ1) is 17.7. The van der Waals surface area contributed by atoms with E-state index in [1.54, 1.807) is 0 Å². The van der Waals surface area contributed by atoms with Crippen molar-refractivity contribution in [2.24, 2.45) is 0 Å². The van der Waals surface area contributed by atoms with Crippen LogP contribution in [0.4, 0.5) is 13.2 Å². The van der Waals surface area contributed by atoms with Gasteiger partial charge in [-0.3, -0.25) is 4.79 Å². The largest absolute Gasteiger partial charge is 0.416 e. The van der Waals surface area contributed by atoms with Gasteiger partial charge >= 0.3 is 6.18 Å². The van der Waals surface area contributed by atoms with Crippen molar-refractivity contribution < 1.29 is 18.0 Å². The van der Waals surface area contributed by atoms with E-state index < -0.39 is 11.7 Å². The highest BCUT2D eigenvalue weighted by atomic mass is 19.4. The van der Waals surface area contributed by atoms with Gasteiger partial charge in [-0.15, -0.1) is 0 Å². The predicted molar refractivity (Wildman–Crippen MR) is 90.5 cm³/mol. The van der Waals surface area contributed by atoms with Gasteiger partial charge in [-0.1, -0.05) is 36.4 Å². The van der Waals surface area contributed by atoms with Crippen molar-refractivity contribution in [1.29, 1.82) is 0 Å². The van der Waals surface area contributed by atoms with E-state index in [1.807, 2.05) is 12.1 Å². The van der Waals surface area contributed by atoms with E-state index in [2.05, 4.69) is 17.4 Å². The fourth-order valence-electron chi connectivity index (χ4n) is 3.18. The van der Waals surface area contributed by atoms with E-state index in [4.69, 9.17) is 0 Å². The molecule has 0 aromatic heterocycles. The van der Waals surface area contributed by atoms with E-state index in [9.17, 15) is 18.0 Å². The molecule has 1 atom stereocenters. The fraction of sp³-hybridized carbons (Fsp3) is 0.350. The van der Waals surface area contributed by atoms with Crippen LogP contribution in [0.3, 0.4) is 0 Å². The molecule has 3 rings (SSSR count). The van der Waals surface area contributed by atoms with Gasteiger partial charge in [0.25, 0.3) is 0 Å². The van der Waals surface area contributed by atoms with Crippen LogP contribution in [0.25, 0.3) is 0 Å². The SMILES string of the molecule is O=C(Cc1ccc(C2CCNC2)cc1)Cc1ccc(C(F)(F)F)cc1. The van der Waals surface area contributed by atoms with Crippen molar-refractivity contribution in [1.82, 2.24) is 5.32 Å². The molecule has 0 saturated carbocycles. The lowest BCUT2D eigenvalue weighted by molar-refractivity contribution is -0.137. The number of rotatable bonds is 5. The number of carbonyl (C=O) groups excluding carboxylic acids is 1. The van der Waals surface area contributed by atoms with E-state index in [0.717, 1.165) is 37.2 Å². The van der Waals surface area contributed by atoms with Crippen molar-refractivity contribution in [3.8, 4) is 0 Å². The molecule has 0 radical (unpaired) electrons. The summed E-state index contributed by atoms with van der Waals surface area (Å²) in [6.45, 7) is 2.03. The molecule has 1 N–H and O–H groups in total. The molecular weight excluding hydrogens is 327 g/mol. The summed E-state index contributed by atoms with van der Waals surface area (Å²) in [4.78, 5) is 12.2. The molecule has 1 aliphatic rings.